The maximum Gasteiger partial charge on any atom is 0.276 e. The monoisotopic (exact) mass is 436 g/mol. The van der Waals surface area contributed by atoms with E-state index in [2.05, 4.69) is 10.3 Å². The van der Waals surface area contributed by atoms with Gasteiger partial charge in [-0.15, -0.1) is 5.10 Å². The number of benzene rings is 1. The van der Waals surface area contributed by atoms with E-state index in [1.54, 1.807) is 4.90 Å². The average Bonchev–Trinajstić information content (AvgIpc) is 3.23. The fourth-order valence-electron chi connectivity index (χ4n) is 3.58. The van der Waals surface area contributed by atoms with Crippen molar-refractivity contribution in [2.24, 2.45) is 5.92 Å². The van der Waals surface area contributed by atoms with Crippen molar-refractivity contribution in [2.75, 3.05) is 26.3 Å². The maximum atomic E-state index is 13.9. The Balaban J connectivity index is 1.57. The number of nitrogens with zero attached hydrogens (tertiary/aromatic N) is 4. The molecule has 168 valence electrons. The number of amides is 1. The van der Waals surface area contributed by atoms with E-state index in [4.69, 9.17) is 9.47 Å². The summed E-state index contributed by atoms with van der Waals surface area (Å²) in [5, 5.41) is 7.91. The van der Waals surface area contributed by atoms with Crippen LogP contribution >= 0.6 is 0 Å². The summed E-state index contributed by atoms with van der Waals surface area (Å²) in [7, 11) is 0. The molecular formula is C21H26F2N4O4. The highest BCUT2D eigenvalue weighted by atomic mass is 19.1. The predicted molar refractivity (Wildman–Crippen MR) is 106 cm³/mol. The smallest absolute Gasteiger partial charge is 0.276 e. The summed E-state index contributed by atoms with van der Waals surface area (Å²) < 4.78 is 39.7. The molecule has 1 fully saturated rings. The Morgan fingerprint density at radius 2 is 1.84 bits per heavy atom. The van der Waals surface area contributed by atoms with E-state index in [1.165, 1.54) is 10.9 Å². The molecule has 2 heterocycles. The predicted octanol–water partition coefficient (Wildman–Crippen LogP) is 2.69. The van der Waals surface area contributed by atoms with Gasteiger partial charge in [-0.25, -0.2) is 13.5 Å². The molecular weight excluding hydrogens is 410 g/mol. The lowest BCUT2D eigenvalue weighted by atomic mass is 9.88. The molecule has 1 aromatic heterocycles. The summed E-state index contributed by atoms with van der Waals surface area (Å²) >= 11 is 0. The Bertz CT molecular complexity index is 907. The second-order valence-corrected chi connectivity index (χ2v) is 7.22. The number of hydrogen-bond donors (Lipinski definition) is 0. The Morgan fingerprint density at radius 3 is 2.48 bits per heavy atom. The van der Waals surface area contributed by atoms with Crippen molar-refractivity contribution in [3.63, 3.8) is 0 Å². The number of carbonyl (C=O) groups excluding carboxylic acids is 2. The molecule has 1 aliphatic heterocycles. The highest BCUT2D eigenvalue weighted by Crippen LogP contribution is 2.24. The summed E-state index contributed by atoms with van der Waals surface area (Å²) in [6.45, 7) is 5.63. The van der Waals surface area contributed by atoms with Gasteiger partial charge in [-0.1, -0.05) is 5.21 Å². The van der Waals surface area contributed by atoms with Gasteiger partial charge >= 0.3 is 0 Å². The number of piperidine rings is 1. The van der Waals surface area contributed by atoms with Crippen LogP contribution in [0.4, 0.5) is 8.78 Å². The van der Waals surface area contributed by atoms with Crippen LogP contribution in [0.3, 0.4) is 0 Å². The molecule has 0 bridgehead atoms. The summed E-state index contributed by atoms with van der Waals surface area (Å²) in [6, 6.07) is 2.85. The molecule has 0 aliphatic carbocycles. The largest absolute Gasteiger partial charge is 0.351 e. The fourth-order valence-corrected chi connectivity index (χ4v) is 3.58. The topological polar surface area (TPSA) is 86.6 Å². The second kappa shape index (κ2) is 10.5. The number of ketones is 1. The SMILES string of the molecule is CCOC(Cn1cc(C(=O)N2CCC(C(=O)c3cc(F)ccc3F)CC2)nn1)OCC. The van der Waals surface area contributed by atoms with Crippen LogP contribution in [0.25, 0.3) is 0 Å². The van der Waals surface area contributed by atoms with Gasteiger partial charge in [0.05, 0.1) is 18.3 Å². The van der Waals surface area contributed by atoms with Crippen molar-refractivity contribution in [3.8, 4) is 0 Å². The first-order valence-corrected chi connectivity index (χ1v) is 10.3. The van der Waals surface area contributed by atoms with Crippen molar-refractivity contribution in [1.29, 1.82) is 0 Å². The molecule has 0 saturated carbocycles. The van der Waals surface area contributed by atoms with Crippen LogP contribution < -0.4 is 0 Å². The molecule has 3 rings (SSSR count). The number of rotatable bonds is 9. The molecule has 10 heteroatoms. The number of aromatic nitrogens is 3. The maximum absolute atomic E-state index is 13.9. The van der Waals surface area contributed by atoms with Gasteiger partial charge in [-0.2, -0.15) is 0 Å². The summed E-state index contributed by atoms with van der Waals surface area (Å²) in [6.07, 6.45) is 1.79. The van der Waals surface area contributed by atoms with Gasteiger partial charge in [0, 0.05) is 32.2 Å². The lowest BCUT2D eigenvalue weighted by Gasteiger charge is -2.30. The molecule has 0 unspecified atom stereocenters. The van der Waals surface area contributed by atoms with Crippen LogP contribution in [0.1, 0.15) is 47.5 Å². The molecule has 0 radical (unpaired) electrons. The first kappa shape index (κ1) is 23.0. The number of halogens is 2. The highest BCUT2D eigenvalue weighted by Gasteiger charge is 2.30. The van der Waals surface area contributed by atoms with E-state index >= 15 is 0 Å². The third kappa shape index (κ3) is 5.71. The van der Waals surface area contributed by atoms with Crippen molar-refractivity contribution < 1.29 is 27.8 Å². The van der Waals surface area contributed by atoms with Crippen LogP contribution in [0.2, 0.25) is 0 Å². The molecule has 0 spiro atoms. The quantitative estimate of drug-likeness (QED) is 0.444. The van der Waals surface area contributed by atoms with Crippen molar-refractivity contribution in [3.05, 3.63) is 47.3 Å². The van der Waals surface area contributed by atoms with E-state index < -0.39 is 29.6 Å². The minimum Gasteiger partial charge on any atom is -0.351 e. The Labute approximate surface area is 179 Å². The van der Waals surface area contributed by atoms with Crippen molar-refractivity contribution in [1.82, 2.24) is 19.9 Å². The zero-order valence-electron chi connectivity index (χ0n) is 17.6. The minimum absolute atomic E-state index is 0.188. The normalized spacial score (nSPS) is 14.9. The first-order valence-electron chi connectivity index (χ1n) is 10.3. The molecule has 2 aromatic rings. The van der Waals surface area contributed by atoms with Gasteiger partial charge in [0.1, 0.15) is 11.6 Å². The van der Waals surface area contributed by atoms with E-state index in [9.17, 15) is 18.4 Å². The van der Waals surface area contributed by atoms with Crippen molar-refractivity contribution >= 4 is 11.7 Å². The van der Waals surface area contributed by atoms with Crippen LogP contribution in [-0.2, 0) is 16.0 Å². The zero-order valence-corrected chi connectivity index (χ0v) is 17.6. The minimum atomic E-state index is -0.737. The molecule has 1 aliphatic rings. The van der Waals surface area contributed by atoms with Gasteiger partial charge in [0.2, 0.25) is 0 Å². The number of ether oxygens (including phenoxy) is 2. The standard InChI is InChI=1S/C21H26F2N4O4/c1-3-30-19(31-4-2)13-27-12-18(24-25-27)21(29)26-9-7-14(8-10-26)20(28)16-11-15(22)5-6-17(16)23/h5-6,11-12,14,19H,3-4,7-10,13H2,1-2H3. The summed E-state index contributed by atoms with van der Waals surface area (Å²) in [4.78, 5) is 26.9. The number of carbonyl (C=O) groups is 2. The van der Waals surface area contributed by atoms with Gasteiger partial charge in [0.15, 0.2) is 17.8 Å². The number of hydrogen-bond acceptors (Lipinski definition) is 6. The Kier molecular flexibility index (Phi) is 7.80. The van der Waals surface area contributed by atoms with Crippen LogP contribution in [0.5, 0.6) is 0 Å². The zero-order chi connectivity index (χ0) is 22.4. The lowest BCUT2D eigenvalue weighted by Crippen LogP contribution is -2.40. The van der Waals surface area contributed by atoms with Crippen LogP contribution in [-0.4, -0.2) is 64.2 Å². The van der Waals surface area contributed by atoms with Gasteiger partial charge < -0.3 is 14.4 Å². The van der Waals surface area contributed by atoms with Crippen molar-refractivity contribution in [2.45, 2.75) is 39.5 Å². The Morgan fingerprint density at radius 1 is 1.16 bits per heavy atom. The summed E-state index contributed by atoms with van der Waals surface area (Å²) in [5.74, 6) is -2.59. The number of likely N-dealkylation sites (tertiary alicyclic amines) is 1. The molecule has 31 heavy (non-hydrogen) atoms. The molecule has 1 amide bonds. The first-order chi connectivity index (χ1) is 14.9. The second-order valence-electron chi connectivity index (χ2n) is 7.22. The fraction of sp³-hybridized carbons (Fsp3) is 0.524. The number of Topliss-reactive ketones (excluding diaryl/α,β-unsaturated/α-hetero) is 1. The van der Waals surface area contributed by atoms with Crippen LogP contribution in [0.15, 0.2) is 24.4 Å². The van der Waals surface area contributed by atoms with Gasteiger partial charge in [-0.05, 0) is 44.9 Å². The van der Waals surface area contributed by atoms with E-state index in [1.807, 2.05) is 13.8 Å². The van der Waals surface area contributed by atoms with E-state index in [0.717, 1.165) is 18.2 Å². The van der Waals surface area contributed by atoms with Gasteiger partial charge in [0.25, 0.3) is 5.91 Å². The van der Waals surface area contributed by atoms with E-state index in [0.29, 0.717) is 45.7 Å². The Hall–Kier alpha value is -2.72. The molecule has 1 saturated heterocycles. The van der Waals surface area contributed by atoms with E-state index in [-0.39, 0.29) is 17.2 Å². The summed E-state index contributed by atoms with van der Waals surface area (Å²) in [5.41, 5.74) is -0.0569. The lowest BCUT2D eigenvalue weighted by molar-refractivity contribution is -0.145. The molecule has 1 aromatic carbocycles. The highest BCUT2D eigenvalue weighted by molar-refractivity contribution is 5.98. The van der Waals surface area contributed by atoms with Crippen LogP contribution in [0, 0.1) is 17.6 Å². The molecule has 0 N–H and O–H groups in total. The third-order valence-corrected chi connectivity index (χ3v) is 5.15. The molecule has 8 nitrogen and oxygen atoms in total. The third-order valence-electron chi connectivity index (χ3n) is 5.15. The molecule has 0 atom stereocenters. The average molecular weight is 436 g/mol. The van der Waals surface area contributed by atoms with Gasteiger partial charge in [-0.3, -0.25) is 9.59 Å².